The van der Waals surface area contributed by atoms with Crippen LogP contribution in [0.5, 0.6) is 5.75 Å². The lowest BCUT2D eigenvalue weighted by atomic mass is 9.48. The Balaban J connectivity index is 1.37. The molecule has 4 aliphatic carbocycles. The summed E-state index contributed by atoms with van der Waals surface area (Å²) < 4.78 is 40.3. The lowest BCUT2D eigenvalue weighted by molar-refractivity contribution is -0.0666. The van der Waals surface area contributed by atoms with E-state index in [4.69, 9.17) is 9.47 Å². The highest BCUT2D eigenvalue weighted by Gasteiger charge is 2.53. The van der Waals surface area contributed by atoms with Crippen LogP contribution in [0.15, 0.2) is 47.4 Å². The molecular formula is C28H34N2O6S. The van der Waals surface area contributed by atoms with Gasteiger partial charge in [0.15, 0.2) is 0 Å². The molecule has 0 aromatic heterocycles. The van der Waals surface area contributed by atoms with Gasteiger partial charge >= 0.3 is 5.97 Å². The first kappa shape index (κ1) is 25.7. The fourth-order valence-electron chi connectivity index (χ4n) is 7.20. The third-order valence-electron chi connectivity index (χ3n) is 8.59. The molecule has 0 aliphatic heterocycles. The molecule has 4 bridgehead atoms. The minimum Gasteiger partial charge on any atom is -0.495 e. The van der Waals surface area contributed by atoms with Gasteiger partial charge in [0.05, 0.1) is 19.8 Å². The van der Waals surface area contributed by atoms with Crippen molar-refractivity contribution in [3.8, 4) is 5.75 Å². The second-order valence-electron chi connectivity index (χ2n) is 11.0. The molecule has 2 N–H and O–H groups in total. The summed E-state index contributed by atoms with van der Waals surface area (Å²) in [6.45, 7) is 1.99. The Labute approximate surface area is 218 Å². The van der Waals surface area contributed by atoms with Crippen LogP contribution in [0.4, 0.5) is 5.69 Å². The van der Waals surface area contributed by atoms with Crippen LogP contribution >= 0.6 is 0 Å². The first-order valence-corrected chi connectivity index (χ1v) is 14.3. The van der Waals surface area contributed by atoms with Gasteiger partial charge in [-0.15, -0.1) is 0 Å². The number of carbonyl (C=O) groups excluding carboxylic acids is 2. The van der Waals surface area contributed by atoms with E-state index in [2.05, 4.69) is 10.0 Å². The number of sulfonamides is 1. The quantitative estimate of drug-likeness (QED) is 0.486. The molecule has 37 heavy (non-hydrogen) atoms. The highest BCUT2D eigenvalue weighted by molar-refractivity contribution is 7.89. The molecule has 198 valence electrons. The minimum atomic E-state index is -3.96. The zero-order valence-electron chi connectivity index (χ0n) is 21.5. The van der Waals surface area contributed by atoms with Crippen molar-refractivity contribution in [3.63, 3.8) is 0 Å². The smallest absolute Gasteiger partial charge is 0.337 e. The van der Waals surface area contributed by atoms with Gasteiger partial charge in [-0.1, -0.05) is 6.07 Å². The number of carbonyl (C=O) groups is 2. The van der Waals surface area contributed by atoms with Crippen LogP contribution in [-0.4, -0.2) is 40.6 Å². The maximum atomic E-state index is 13.6. The Bertz CT molecular complexity index is 1290. The molecule has 0 saturated heterocycles. The van der Waals surface area contributed by atoms with Gasteiger partial charge in [0, 0.05) is 17.3 Å². The first-order chi connectivity index (χ1) is 17.6. The number of anilines is 1. The van der Waals surface area contributed by atoms with E-state index in [1.807, 2.05) is 6.92 Å². The van der Waals surface area contributed by atoms with Crippen LogP contribution in [0.1, 0.15) is 66.2 Å². The fourth-order valence-corrected chi connectivity index (χ4v) is 8.74. The Morgan fingerprint density at radius 1 is 0.946 bits per heavy atom. The molecule has 9 heteroatoms. The highest BCUT2D eigenvalue weighted by Crippen LogP contribution is 2.61. The molecule has 1 atom stereocenters. The minimum absolute atomic E-state index is 0.00526. The number of hydrogen-bond acceptors (Lipinski definition) is 6. The number of rotatable bonds is 8. The standard InChI is InChI=1S/C28H34N2O6S/c1-17(28-14-18-9-19(15-28)11-20(10-18)16-28)30-37(33,34)25-13-21(7-8-24(25)35-2)26(31)29-23-6-4-5-22(12-23)27(32)36-3/h4-8,12-13,17-20,30H,9-11,14-16H2,1-3H3,(H,29,31). The van der Waals surface area contributed by atoms with E-state index in [9.17, 15) is 18.0 Å². The Morgan fingerprint density at radius 2 is 1.59 bits per heavy atom. The molecule has 4 fully saturated rings. The lowest BCUT2D eigenvalue weighted by Crippen LogP contribution is -2.55. The molecule has 2 aromatic rings. The third-order valence-corrected chi connectivity index (χ3v) is 10.2. The van der Waals surface area contributed by atoms with Gasteiger partial charge in [0.1, 0.15) is 10.6 Å². The predicted octanol–water partition coefficient (Wildman–Crippen LogP) is 4.62. The van der Waals surface area contributed by atoms with Gasteiger partial charge in [0.25, 0.3) is 5.91 Å². The van der Waals surface area contributed by atoms with E-state index in [0.29, 0.717) is 29.0 Å². The van der Waals surface area contributed by atoms with Crippen molar-refractivity contribution in [1.82, 2.24) is 4.72 Å². The number of ether oxygens (including phenoxy) is 2. The van der Waals surface area contributed by atoms with Crippen molar-refractivity contribution >= 4 is 27.6 Å². The van der Waals surface area contributed by atoms with Crippen LogP contribution in [0.2, 0.25) is 0 Å². The van der Waals surface area contributed by atoms with E-state index in [1.165, 1.54) is 57.7 Å². The average molecular weight is 527 g/mol. The van der Waals surface area contributed by atoms with Crippen molar-refractivity contribution in [2.75, 3.05) is 19.5 Å². The molecule has 8 nitrogen and oxygen atoms in total. The summed E-state index contributed by atoms with van der Waals surface area (Å²) in [4.78, 5) is 24.8. The van der Waals surface area contributed by atoms with Gasteiger partial charge in [-0.3, -0.25) is 4.79 Å². The van der Waals surface area contributed by atoms with E-state index in [1.54, 1.807) is 18.2 Å². The molecule has 1 amide bonds. The maximum absolute atomic E-state index is 13.6. The van der Waals surface area contributed by atoms with Crippen LogP contribution < -0.4 is 14.8 Å². The van der Waals surface area contributed by atoms with Gasteiger partial charge in [-0.05, 0) is 105 Å². The van der Waals surface area contributed by atoms with E-state index in [-0.39, 0.29) is 27.7 Å². The van der Waals surface area contributed by atoms with Crippen LogP contribution in [0.3, 0.4) is 0 Å². The van der Waals surface area contributed by atoms with Crippen LogP contribution in [0.25, 0.3) is 0 Å². The first-order valence-electron chi connectivity index (χ1n) is 12.8. The summed E-state index contributed by atoms with van der Waals surface area (Å²) in [5.41, 5.74) is 0.837. The molecule has 0 spiro atoms. The zero-order valence-corrected chi connectivity index (χ0v) is 22.3. The average Bonchev–Trinajstić information content (AvgIpc) is 2.87. The third kappa shape index (κ3) is 4.99. The number of nitrogens with one attached hydrogen (secondary N) is 2. The van der Waals surface area contributed by atoms with Gasteiger partial charge < -0.3 is 14.8 Å². The topological polar surface area (TPSA) is 111 Å². The Kier molecular flexibility index (Phi) is 6.79. The van der Waals surface area contributed by atoms with E-state index < -0.39 is 21.9 Å². The fraction of sp³-hybridized carbons (Fsp3) is 0.500. The zero-order chi connectivity index (χ0) is 26.4. The lowest BCUT2D eigenvalue weighted by Gasteiger charge is -2.59. The van der Waals surface area contributed by atoms with E-state index in [0.717, 1.165) is 19.3 Å². The summed E-state index contributed by atoms with van der Waals surface area (Å²) >= 11 is 0. The second kappa shape index (κ2) is 9.76. The van der Waals surface area contributed by atoms with Gasteiger partial charge in [-0.25, -0.2) is 17.9 Å². The highest BCUT2D eigenvalue weighted by atomic mass is 32.2. The molecule has 4 aliphatic rings. The number of benzene rings is 2. The SMILES string of the molecule is COC(=O)c1cccc(NC(=O)c2ccc(OC)c(S(=O)(=O)NC(C)C34CC5CC(CC(C5)C3)C4)c2)c1. The number of methoxy groups -OCH3 is 2. The summed E-state index contributed by atoms with van der Waals surface area (Å²) in [5.74, 6) is 1.27. The molecule has 2 aromatic carbocycles. The second-order valence-corrected chi connectivity index (χ2v) is 12.7. The summed E-state index contributed by atoms with van der Waals surface area (Å²) in [5, 5.41) is 2.72. The molecular weight excluding hydrogens is 492 g/mol. The molecule has 0 heterocycles. The van der Waals surface area contributed by atoms with Crippen molar-refractivity contribution in [3.05, 3.63) is 53.6 Å². The number of esters is 1. The van der Waals surface area contributed by atoms with Crippen molar-refractivity contribution in [1.29, 1.82) is 0 Å². The Morgan fingerprint density at radius 3 is 2.19 bits per heavy atom. The molecule has 6 rings (SSSR count). The molecule has 1 unspecified atom stereocenters. The molecule has 4 saturated carbocycles. The van der Waals surface area contributed by atoms with Crippen LogP contribution in [-0.2, 0) is 14.8 Å². The number of amides is 1. The van der Waals surface area contributed by atoms with E-state index >= 15 is 0 Å². The normalized spacial score (nSPS) is 26.9. The van der Waals surface area contributed by atoms with Gasteiger partial charge in [0.2, 0.25) is 10.0 Å². The van der Waals surface area contributed by atoms with Crippen molar-refractivity contribution in [2.45, 2.75) is 56.4 Å². The van der Waals surface area contributed by atoms with Gasteiger partial charge in [-0.2, -0.15) is 0 Å². The number of hydrogen-bond donors (Lipinski definition) is 2. The molecule has 0 radical (unpaired) electrons. The summed E-state index contributed by atoms with van der Waals surface area (Å²) in [6.07, 6.45) is 7.08. The van der Waals surface area contributed by atoms with Crippen molar-refractivity contribution in [2.24, 2.45) is 23.2 Å². The maximum Gasteiger partial charge on any atom is 0.337 e. The van der Waals surface area contributed by atoms with Crippen LogP contribution in [0, 0.1) is 23.2 Å². The summed E-state index contributed by atoms with van der Waals surface area (Å²) in [6, 6.07) is 10.5. The largest absolute Gasteiger partial charge is 0.495 e. The monoisotopic (exact) mass is 526 g/mol. The predicted molar refractivity (Wildman–Crippen MR) is 139 cm³/mol. The Hall–Kier alpha value is -2.91. The summed E-state index contributed by atoms with van der Waals surface area (Å²) in [7, 11) is -1.27. The van der Waals surface area contributed by atoms with Crippen molar-refractivity contribution < 1.29 is 27.5 Å².